The van der Waals surface area contributed by atoms with Crippen molar-refractivity contribution in [3.8, 4) is 0 Å². The third-order valence-corrected chi connectivity index (χ3v) is 4.92. The minimum atomic E-state index is 0.637. The van der Waals surface area contributed by atoms with Gasteiger partial charge in [0.25, 0.3) is 0 Å². The topological polar surface area (TPSA) is 37.6 Å². The third-order valence-electron chi connectivity index (χ3n) is 3.55. The first-order valence-corrected chi connectivity index (χ1v) is 7.67. The van der Waals surface area contributed by atoms with Crippen LogP contribution < -0.4 is 4.90 Å². The Labute approximate surface area is 116 Å². The van der Waals surface area contributed by atoms with Crippen molar-refractivity contribution in [1.29, 1.82) is 0 Å². The maximum absolute atomic E-state index is 11.4. The van der Waals surface area contributed by atoms with E-state index in [9.17, 15) is 4.79 Å². The maximum atomic E-state index is 11.4. The molecule has 2 aromatic heterocycles. The zero-order chi connectivity index (χ0) is 13.2. The molecule has 0 radical (unpaired) electrons. The van der Waals surface area contributed by atoms with Gasteiger partial charge in [-0.15, -0.1) is 0 Å². The van der Waals surface area contributed by atoms with Crippen LogP contribution in [0, 0.1) is 0 Å². The average molecular weight is 275 g/mol. The molecular weight excluding hydrogens is 258 g/mol. The minimum Gasteiger partial charge on any atom is -0.353 e. The highest BCUT2D eigenvalue weighted by molar-refractivity contribution is 8.00. The molecule has 1 saturated heterocycles. The van der Waals surface area contributed by atoms with Gasteiger partial charge in [0.1, 0.15) is 11.3 Å². The Morgan fingerprint density at radius 2 is 2.42 bits per heavy atom. The predicted molar refractivity (Wildman–Crippen MR) is 79.3 cm³/mol. The molecule has 19 heavy (non-hydrogen) atoms. The van der Waals surface area contributed by atoms with Crippen molar-refractivity contribution in [3.05, 3.63) is 30.1 Å². The molecule has 0 saturated carbocycles. The van der Waals surface area contributed by atoms with E-state index in [0.29, 0.717) is 10.9 Å². The van der Waals surface area contributed by atoms with Crippen LogP contribution in [-0.2, 0) is 0 Å². The first kappa shape index (κ1) is 12.5. The number of aromatic nitrogens is 2. The van der Waals surface area contributed by atoms with E-state index in [-0.39, 0.29) is 0 Å². The molecule has 1 atom stereocenters. The van der Waals surface area contributed by atoms with Gasteiger partial charge in [0.05, 0.1) is 0 Å². The van der Waals surface area contributed by atoms with Crippen LogP contribution in [-0.4, -0.2) is 39.8 Å². The van der Waals surface area contributed by atoms with Crippen LogP contribution in [0.3, 0.4) is 0 Å². The maximum Gasteiger partial charge on any atom is 0.170 e. The molecule has 0 aromatic carbocycles. The molecule has 5 heteroatoms. The monoisotopic (exact) mass is 275 g/mol. The van der Waals surface area contributed by atoms with Gasteiger partial charge in [-0.25, -0.2) is 4.98 Å². The molecule has 0 amide bonds. The summed E-state index contributed by atoms with van der Waals surface area (Å²) in [5.74, 6) is 1.94. The van der Waals surface area contributed by atoms with Crippen molar-refractivity contribution in [2.75, 3.05) is 23.7 Å². The molecule has 0 aliphatic carbocycles. The number of carbonyl (C=O) groups excluding carboxylic acids is 1. The summed E-state index contributed by atoms with van der Waals surface area (Å²) in [6, 6.07) is 5.81. The van der Waals surface area contributed by atoms with Crippen LogP contribution in [0.4, 0.5) is 5.82 Å². The van der Waals surface area contributed by atoms with Gasteiger partial charge < -0.3 is 4.90 Å². The number of nitrogens with zero attached hydrogens (tertiary/aromatic N) is 3. The molecule has 3 heterocycles. The zero-order valence-electron chi connectivity index (χ0n) is 11.0. The normalized spacial score (nSPS) is 19.8. The highest BCUT2D eigenvalue weighted by atomic mass is 32.2. The molecule has 4 nitrogen and oxygen atoms in total. The number of thioether (sulfide) groups is 1. The molecule has 0 spiro atoms. The minimum absolute atomic E-state index is 0.637. The standard InChI is InChI=1S/C14H17N3OS/c1-2-11-9-16(7-8-19-11)14-12(10-18)17-6-4-3-5-13(17)15-14/h3-6,10-11H,2,7-9H2,1H3. The SMILES string of the molecule is CCC1CN(c2nc3ccccn3c2C=O)CCS1. The van der Waals surface area contributed by atoms with Gasteiger partial charge >= 0.3 is 0 Å². The van der Waals surface area contributed by atoms with Gasteiger partial charge in [-0.1, -0.05) is 13.0 Å². The summed E-state index contributed by atoms with van der Waals surface area (Å²) < 4.78 is 1.87. The second-order valence-corrected chi connectivity index (χ2v) is 6.12. The van der Waals surface area contributed by atoms with Crippen LogP contribution in [0.1, 0.15) is 23.8 Å². The Morgan fingerprint density at radius 1 is 1.53 bits per heavy atom. The van der Waals surface area contributed by atoms with Gasteiger partial charge in [0, 0.05) is 30.3 Å². The Bertz CT molecular complexity index is 595. The van der Waals surface area contributed by atoms with Crippen molar-refractivity contribution in [1.82, 2.24) is 9.38 Å². The predicted octanol–water partition coefficient (Wildman–Crippen LogP) is 2.48. The lowest BCUT2D eigenvalue weighted by Gasteiger charge is -2.32. The van der Waals surface area contributed by atoms with Gasteiger partial charge in [0.15, 0.2) is 12.1 Å². The number of imidazole rings is 1. The number of hydrogen-bond donors (Lipinski definition) is 0. The number of anilines is 1. The van der Waals surface area contributed by atoms with E-state index in [1.54, 1.807) is 0 Å². The number of hydrogen-bond acceptors (Lipinski definition) is 4. The Kier molecular flexibility index (Phi) is 3.46. The third kappa shape index (κ3) is 2.23. The number of rotatable bonds is 3. The number of aldehydes is 1. The molecule has 1 fully saturated rings. The fraction of sp³-hybridized carbons (Fsp3) is 0.429. The van der Waals surface area contributed by atoms with Gasteiger partial charge in [-0.05, 0) is 18.6 Å². The summed E-state index contributed by atoms with van der Waals surface area (Å²) in [4.78, 5) is 18.3. The molecule has 1 unspecified atom stereocenters. The second-order valence-electron chi connectivity index (χ2n) is 4.71. The summed E-state index contributed by atoms with van der Waals surface area (Å²) in [5, 5.41) is 0.637. The number of carbonyl (C=O) groups is 1. The fourth-order valence-corrected chi connectivity index (χ4v) is 3.68. The van der Waals surface area contributed by atoms with Crippen molar-refractivity contribution in [3.63, 3.8) is 0 Å². The number of pyridine rings is 1. The van der Waals surface area contributed by atoms with Crippen molar-refractivity contribution in [2.45, 2.75) is 18.6 Å². The number of fused-ring (bicyclic) bond motifs is 1. The second kappa shape index (κ2) is 5.25. The fourth-order valence-electron chi connectivity index (χ4n) is 2.50. The van der Waals surface area contributed by atoms with Crippen LogP contribution in [0.5, 0.6) is 0 Å². The van der Waals surface area contributed by atoms with Crippen LogP contribution in [0.15, 0.2) is 24.4 Å². The van der Waals surface area contributed by atoms with Crippen molar-refractivity contribution >= 4 is 29.5 Å². The molecule has 3 rings (SSSR count). The van der Waals surface area contributed by atoms with Crippen LogP contribution in [0.25, 0.3) is 5.65 Å². The molecule has 1 aliphatic heterocycles. The summed E-state index contributed by atoms with van der Waals surface area (Å²) in [6.07, 6.45) is 3.97. The summed E-state index contributed by atoms with van der Waals surface area (Å²) in [6.45, 7) is 4.16. The molecule has 1 aliphatic rings. The highest BCUT2D eigenvalue weighted by Gasteiger charge is 2.24. The first-order valence-electron chi connectivity index (χ1n) is 6.62. The van der Waals surface area contributed by atoms with E-state index in [0.717, 1.165) is 43.0 Å². The molecular formula is C14H17N3OS. The van der Waals surface area contributed by atoms with E-state index in [1.807, 2.05) is 40.6 Å². The lowest BCUT2D eigenvalue weighted by Crippen LogP contribution is -2.38. The average Bonchev–Trinajstić information content (AvgIpc) is 2.86. The van der Waals surface area contributed by atoms with Crippen LogP contribution in [0.2, 0.25) is 0 Å². The quantitative estimate of drug-likeness (QED) is 0.807. The largest absolute Gasteiger partial charge is 0.353 e. The molecule has 2 aromatic rings. The Morgan fingerprint density at radius 3 is 3.21 bits per heavy atom. The van der Waals surface area contributed by atoms with E-state index >= 15 is 0 Å². The lowest BCUT2D eigenvalue weighted by atomic mass is 10.3. The van der Waals surface area contributed by atoms with Crippen molar-refractivity contribution in [2.24, 2.45) is 0 Å². The van der Waals surface area contributed by atoms with E-state index in [4.69, 9.17) is 0 Å². The van der Waals surface area contributed by atoms with E-state index < -0.39 is 0 Å². The van der Waals surface area contributed by atoms with E-state index in [1.165, 1.54) is 0 Å². The summed E-state index contributed by atoms with van der Waals surface area (Å²) >= 11 is 2.02. The van der Waals surface area contributed by atoms with Crippen molar-refractivity contribution < 1.29 is 4.79 Å². The van der Waals surface area contributed by atoms with Gasteiger partial charge in [-0.2, -0.15) is 11.8 Å². The Hall–Kier alpha value is -1.49. The van der Waals surface area contributed by atoms with Gasteiger partial charge in [0.2, 0.25) is 0 Å². The van der Waals surface area contributed by atoms with E-state index in [2.05, 4.69) is 16.8 Å². The lowest BCUT2D eigenvalue weighted by molar-refractivity contribution is 0.111. The van der Waals surface area contributed by atoms with Crippen LogP contribution >= 0.6 is 11.8 Å². The molecule has 0 bridgehead atoms. The Balaban J connectivity index is 2.01. The smallest absolute Gasteiger partial charge is 0.170 e. The summed E-state index contributed by atoms with van der Waals surface area (Å²) in [7, 11) is 0. The zero-order valence-corrected chi connectivity index (χ0v) is 11.8. The summed E-state index contributed by atoms with van der Waals surface area (Å²) in [5.41, 5.74) is 1.50. The van der Waals surface area contributed by atoms with Gasteiger partial charge in [-0.3, -0.25) is 9.20 Å². The molecule has 100 valence electrons. The first-order chi connectivity index (χ1) is 9.33. The highest BCUT2D eigenvalue weighted by Crippen LogP contribution is 2.27. The molecule has 0 N–H and O–H groups in total.